The van der Waals surface area contributed by atoms with Gasteiger partial charge in [0.05, 0.1) is 35.2 Å². The van der Waals surface area contributed by atoms with Crippen LogP contribution in [-0.2, 0) is 17.7 Å². The van der Waals surface area contributed by atoms with E-state index in [1.807, 2.05) is 19.1 Å². The minimum atomic E-state index is -0.312. The molecular weight excluding hydrogens is 490 g/mol. The summed E-state index contributed by atoms with van der Waals surface area (Å²) in [6, 6.07) is 20.7. The summed E-state index contributed by atoms with van der Waals surface area (Å²) in [5.74, 6) is 0.613. The van der Waals surface area contributed by atoms with Gasteiger partial charge in [-0.25, -0.2) is 4.79 Å². The second-order valence-corrected chi connectivity index (χ2v) is 10.4. The van der Waals surface area contributed by atoms with E-state index in [2.05, 4.69) is 61.8 Å². The zero-order valence-corrected chi connectivity index (χ0v) is 21.1. The molecule has 0 fully saturated rings. The van der Waals surface area contributed by atoms with Gasteiger partial charge in [-0.3, -0.25) is 0 Å². The third-order valence-corrected chi connectivity index (χ3v) is 8.41. The van der Waals surface area contributed by atoms with Crippen molar-refractivity contribution in [1.82, 2.24) is 13.3 Å². The van der Waals surface area contributed by atoms with Crippen LogP contribution in [0.3, 0.4) is 0 Å². The average Bonchev–Trinajstić information content (AvgIpc) is 3.66. The second kappa shape index (κ2) is 8.43. The quantitative estimate of drug-likeness (QED) is 0.241. The summed E-state index contributed by atoms with van der Waals surface area (Å²) in [5, 5.41) is 1.13. The van der Waals surface area contributed by atoms with Crippen molar-refractivity contribution in [3.63, 3.8) is 0 Å². The monoisotopic (exact) mass is 511 g/mol. The van der Waals surface area contributed by atoms with Gasteiger partial charge in [0.25, 0.3) is 0 Å². The third-order valence-electron chi connectivity index (χ3n) is 6.68. The molecule has 0 radical (unpaired) electrons. The second-order valence-electron chi connectivity index (χ2n) is 8.81. The highest BCUT2D eigenvalue weighted by Crippen LogP contribution is 2.45. The Kier molecular flexibility index (Phi) is 5.04. The number of aromatic nitrogens is 3. The lowest BCUT2D eigenvalue weighted by molar-refractivity contribution is 0.0516. The van der Waals surface area contributed by atoms with Crippen molar-refractivity contribution in [3.05, 3.63) is 77.5 Å². The van der Waals surface area contributed by atoms with Crippen LogP contribution in [0.1, 0.15) is 28.5 Å². The lowest BCUT2D eigenvalue weighted by Gasteiger charge is -2.13. The Labute approximate surface area is 215 Å². The largest absolute Gasteiger partial charge is 0.493 e. The van der Waals surface area contributed by atoms with Gasteiger partial charge in [-0.05, 0) is 53.9 Å². The number of hydrogen-bond donors (Lipinski definition) is 0. The number of fused-ring (bicyclic) bond motifs is 5. The van der Waals surface area contributed by atoms with Gasteiger partial charge in [0.2, 0.25) is 0 Å². The molecule has 0 saturated carbocycles. The maximum atomic E-state index is 13.6. The molecule has 0 unspecified atom stereocenters. The molecule has 7 rings (SSSR count). The highest BCUT2D eigenvalue weighted by atomic mass is 32.1. The first-order valence-corrected chi connectivity index (χ1v) is 13.4. The lowest BCUT2D eigenvalue weighted by atomic mass is 10.0. The molecule has 0 bridgehead atoms. The van der Waals surface area contributed by atoms with Crippen LogP contribution in [0, 0.1) is 0 Å². The zero-order chi connectivity index (χ0) is 24.2. The van der Waals surface area contributed by atoms with Crippen molar-refractivity contribution in [2.24, 2.45) is 0 Å². The summed E-state index contributed by atoms with van der Waals surface area (Å²) < 4.78 is 24.5. The van der Waals surface area contributed by atoms with Crippen molar-refractivity contribution in [1.29, 1.82) is 0 Å². The Hall–Kier alpha value is -3.75. The van der Waals surface area contributed by atoms with E-state index < -0.39 is 0 Å². The number of benzene rings is 3. The van der Waals surface area contributed by atoms with Crippen LogP contribution < -0.4 is 4.74 Å². The SMILES string of the molecule is CCOC(=O)c1c(-c2ccc3c(c2)CCO3)c2sc3ccccc3c2n1Cc1ccc2nsnc2c1. The third kappa shape index (κ3) is 3.32. The molecule has 0 saturated heterocycles. The van der Waals surface area contributed by atoms with Crippen LogP contribution in [0.4, 0.5) is 0 Å². The highest BCUT2D eigenvalue weighted by molar-refractivity contribution is 7.26. The summed E-state index contributed by atoms with van der Waals surface area (Å²) in [7, 11) is 0. The van der Waals surface area contributed by atoms with E-state index in [-0.39, 0.29) is 5.97 Å². The van der Waals surface area contributed by atoms with E-state index in [9.17, 15) is 4.79 Å². The summed E-state index contributed by atoms with van der Waals surface area (Å²) in [5.41, 5.74) is 7.56. The Bertz CT molecular complexity index is 1800. The molecule has 0 spiro atoms. The zero-order valence-electron chi connectivity index (χ0n) is 19.5. The number of ether oxygens (including phenoxy) is 2. The Morgan fingerprint density at radius 1 is 1.08 bits per heavy atom. The topological polar surface area (TPSA) is 66.2 Å². The van der Waals surface area contributed by atoms with Gasteiger partial charge in [0.15, 0.2) is 0 Å². The van der Waals surface area contributed by atoms with Crippen molar-refractivity contribution in [2.45, 2.75) is 19.9 Å². The molecule has 6 nitrogen and oxygen atoms in total. The molecule has 4 heterocycles. The number of thiophene rings is 1. The van der Waals surface area contributed by atoms with Crippen LogP contribution in [0.5, 0.6) is 5.75 Å². The van der Waals surface area contributed by atoms with Crippen LogP contribution in [0.15, 0.2) is 60.7 Å². The molecule has 6 aromatic rings. The van der Waals surface area contributed by atoms with Gasteiger partial charge in [0.1, 0.15) is 22.5 Å². The molecule has 3 aromatic carbocycles. The van der Waals surface area contributed by atoms with E-state index in [4.69, 9.17) is 9.47 Å². The number of rotatable bonds is 5. The van der Waals surface area contributed by atoms with Crippen LogP contribution >= 0.6 is 23.1 Å². The molecule has 0 N–H and O–H groups in total. The minimum absolute atomic E-state index is 0.312. The Morgan fingerprint density at radius 2 is 1.97 bits per heavy atom. The molecule has 3 aromatic heterocycles. The van der Waals surface area contributed by atoms with Crippen LogP contribution in [0.2, 0.25) is 0 Å². The summed E-state index contributed by atoms with van der Waals surface area (Å²) in [6.07, 6.45) is 0.871. The standard InChI is InChI=1S/C28H21N3O3S2/c1-2-33-28(32)26-24(18-8-10-22-17(14-18)11-12-34-22)27-25(19-5-3-4-6-23(19)35-27)31(26)15-16-7-9-20-21(13-16)30-36-29-20/h3-10,13-14H,2,11-12,15H2,1H3. The van der Waals surface area contributed by atoms with E-state index >= 15 is 0 Å². The summed E-state index contributed by atoms with van der Waals surface area (Å²) in [4.78, 5) is 13.6. The van der Waals surface area contributed by atoms with Crippen molar-refractivity contribution in [3.8, 4) is 16.9 Å². The van der Waals surface area contributed by atoms with Gasteiger partial charge >= 0.3 is 5.97 Å². The Morgan fingerprint density at radius 3 is 2.89 bits per heavy atom. The molecule has 36 heavy (non-hydrogen) atoms. The van der Waals surface area contributed by atoms with E-state index in [0.717, 1.165) is 55.5 Å². The lowest BCUT2D eigenvalue weighted by Crippen LogP contribution is -2.14. The smallest absolute Gasteiger partial charge is 0.355 e. The first-order valence-electron chi connectivity index (χ1n) is 11.9. The summed E-state index contributed by atoms with van der Waals surface area (Å²) in [6.45, 7) is 3.37. The summed E-state index contributed by atoms with van der Waals surface area (Å²) >= 11 is 2.93. The van der Waals surface area contributed by atoms with Gasteiger partial charge in [-0.2, -0.15) is 8.75 Å². The van der Waals surface area contributed by atoms with Gasteiger partial charge < -0.3 is 14.0 Å². The fourth-order valence-electron chi connectivity index (χ4n) is 5.11. The van der Waals surface area contributed by atoms with E-state index in [0.29, 0.717) is 25.5 Å². The average molecular weight is 512 g/mol. The minimum Gasteiger partial charge on any atom is -0.493 e. The molecule has 0 atom stereocenters. The maximum absolute atomic E-state index is 13.6. The Balaban J connectivity index is 1.53. The van der Waals surface area contributed by atoms with Gasteiger partial charge in [-0.15, -0.1) is 11.3 Å². The molecule has 8 heteroatoms. The molecule has 0 amide bonds. The number of hydrogen-bond acceptors (Lipinski definition) is 7. The number of esters is 1. The number of carbonyl (C=O) groups is 1. The molecule has 1 aliphatic heterocycles. The van der Waals surface area contributed by atoms with E-state index in [1.54, 1.807) is 11.3 Å². The fourth-order valence-corrected chi connectivity index (χ4v) is 6.90. The fraction of sp³-hybridized carbons (Fsp3) is 0.179. The van der Waals surface area contributed by atoms with Crippen molar-refractivity contribution >= 4 is 60.4 Å². The number of nitrogens with zero attached hydrogens (tertiary/aromatic N) is 3. The first-order chi connectivity index (χ1) is 17.7. The molecule has 1 aliphatic rings. The number of carbonyl (C=O) groups excluding carboxylic acids is 1. The molecular formula is C28H21N3O3S2. The maximum Gasteiger partial charge on any atom is 0.355 e. The predicted octanol–water partition coefficient (Wildman–Crippen LogP) is 6.69. The van der Waals surface area contributed by atoms with Gasteiger partial charge in [0, 0.05) is 28.6 Å². The van der Waals surface area contributed by atoms with Crippen LogP contribution in [0.25, 0.3) is 42.5 Å². The first kappa shape index (κ1) is 21.5. The molecule has 178 valence electrons. The normalized spacial score (nSPS) is 12.9. The van der Waals surface area contributed by atoms with Crippen molar-refractivity contribution < 1.29 is 14.3 Å². The van der Waals surface area contributed by atoms with Gasteiger partial charge in [-0.1, -0.05) is 30.3 Å². The highest BCUT2D eigenvalue weighted by Gasteiger charge is 2.29. The van der Waals surface area contributed by atoms with E-state index in [1.165, 1.54) is 22.0 Å². The van der Waals surface area contributed by atoms with Crippen LogP contribution in [-0.4, -0.2) is 32.5 Å². The van der Waals surface area contributed by atoms with Crippen molar-refractivity contribution in [2.75, 3.05) is 13.2 Å². The predicted molar refractivity (Wildman–Crippen MR) is 144 cm³/mol. The molecule has 0 aliphatic carbocycles.